The lowest BCUT2D eigenvalue weighted by Gasteiger charge is -2.09. The molecule has 1 aromatic rings. The van der Waals surface area contributed by atoms with Crippen LogP contribution in [0.25, 0.3) is 0 Å². The summed E-state index contributed by atoms with van der Waals surface area (Å²) in [7, 11) is -3.70. The van der Waals surface area contributed by atoms with Crippen LogP contribution in [0.4, 0.5) is 13.2 Å². The molecule has 4 nitrogen and oxygen atoms in total. The van der Waals surface area contributed by atoms with Gasteiger partial charge in [-0.25, -0.2) is 8.42 Å². The maximum Gasteiger partial charge on any atom is 0.422 e. The first-order chi connectivity index (χ1) is 8.63. The molecule has 104 valence electrons. The highest BCUT2D eigenvalue weighted by Crippen LogP contribution is 2.34. The van der Waals surface area contributed by atoms with Gasteiger partial charge in [0.2, 0.25) is 0 Å². The normalized spacial score (nSPS) is 21.3. The van der Waals surface area contributed by atoms with Crippen molar-refractivity contribution in [1.82, 2.24) is 0 Å². The van der Waals surface area contributed by atoms with Crippen LogP contribution in [0.5, 0.6) is 5.75 Å². The molecular formula is C11H10F3NO3S. The molecule has 0 saturated carbocycles. The Bertz CT molecular complexity index is 637. The molecule has 0 aromatic heterocycles. The van der Waals surface area contributed by atoms with Crippen molar-refractivity contribution in [3.8, 4) is 5.75 Å². The predicted octanol–water partition coefficient (Wildman–Crippen LogP) is 2.17. The zero-order valence-corrected chi connectivity index (χ0v) is 10.6. The molecule has 1 heterocycles. The number of hydrogen-bond acceptors (Lipinski definition) is 4. The fourth-order valence-corrected chi connectivity index (χ4v) is 3.36. The smallest absolute Gasteiger partial charge is 0.422 e. The summed E-state index contributed by atoms with van der Waals surface area (Å²) in [6.45, 7) is -0.118. The maximum absolute atomic E-state index is 12.0. The Morgan fingerprint density at radius 1 is 1.37 bits per heavy atom. The van der Waals surface area contributed by atoms with E-state index in [0.29, 0.717) is 0 Å². The molecular weight excluding hydrogens is 283 g/mol. The number of hydrogen-bond donors (Lipinski definition) is 1. The molecule has 0 bridgehead atoms. The molecule has 0 saturated heterocycles. The summed E-state index contributed by atoms with van der Waals surface area (Å²) in [6.07, 6.45) is -4.49. The Hall–Kier alpha value is -1.57. The van der Waals surface area contributed by atoms with Crippen LogP contribution < -0.4 is 4.74 Å². The molecule has 0 amide bonds. The summed E-state index contributed by atoms with van der Waals surface area (Å²) in [6, 6.07) is 3.56. The summed E-state index contributed by atoms with van der Waals surface area (Å²) in [5.41, 5.74) is 0.157. The second-order valence-corrected chi connectivity index (χ2v) is 6.40. The van der Waals surface area contributed by atoms with E-state index < -0.39 is 27.9 Å². The van der Waals surface area contributed by atoms with E-state index in [-0.39, 0.29) is 21.9 Å². The molecule has 0 spiro atoms. The molecule has 1 N–H and O–H groups in total. The highest BCUT2D eigenvalue weighted by atomic mass is 32.2. The van der Waals surface area contributed by atoms with E-state index in [1.807, 2.05) is 0 Å². The third-order valence-corrected chi connectivity index (χ3v) is 4.94. The molecule has 0 unspecified atom stereocenters. The molecule has 2 rings (SSSR count). The van der Waals surface area contributed by atoms with Crippen LogP contribution in [0, 0.1) is 5.41 Å². The number of ether oxygens (including phenoxy) is 1. The average molecular weight is 293 g/mol. The SMILES string of the molecule is C[C@H]1C(=N)c2ccc(OCC(F)(F)F)cc2S1(=O)=O. The van der Waals surface area contributed by atoms with Gasteiger partial charge in [-0.3, -0.25) is 0 Å². The van der Waals surface area contributed by atoms with Crippen molar-refractivity contribution in [3.05, 3.63) is 23.8 Å². The lowest BCUT2D eigenvalue weighted by atomic mass is 10.1. The molecule has 19 heavy (non-hydrogen) atoms. The van der Waals surface area contributed by atoms with Crippen LogP contribution >= 0.6 is 0 Å². The molecule has 0 fully saturated rings. The van der Waals surface area contributed by atoms with Crippen molar-refractivity contribution >= 4 is 15.5 Å². The highest BCUT2D eigenvalue weighted by molar-refractivity contribution is 7.93. The van der Waals surface area contributed by atoms with E-state index in [9.17, 15) is 21.6 Å². The first-order valence-corrected chi connectivity index (χ1v) is 6.84. The van der Waals surface area contributed by atoms with Crippen LogP contribution in [0.1, 0.15) is 12.5 Å². The van der Waals surface area contributed by atoms with E-state index in [1.54, 1.807) is 0 Å². The second-order valence-electron chi connectivity index (χ2n) is 4.16. The quantitative estimate of drug-likeness (QED) is 0.908. The van der Waals surface area contributed by atoms with Gasteiger partial charge in [0.1, 0.15) is 11.0 Å². The van der Waals surface area contributed by atoms with E-state index in [0.717, 1.165) is 6.07 Å². The summed E-state index contributed by atoms with van der Waals surface area (Å²) in [5.74, 6) is -0.179. The summed E-state index contributed by atoms with van der Waals surface area (Å²) in [5, 5.41) is 6.68. The van der Waals surface area contributed by atoms with Crippen molar-refractivity contribution in [3.63, 3.8) is 0 Å². The van der Waals surface area contributed by atoms with E-state index in [4.69, 9.17) is 5.41 Å². The van der Waals surface area contributed by atoms with Gasteiger partial charge in [-0.15, -0.1) is 0 Å². The number of nitrogens with one attached hydrogen (secondary N) is 1. The van der Waals surface area contributed by atoms with Crippen molar-refractivity contribution in [2.45, 2.75) is 23.2 Å². The average Bonchev–Trinajstić information content (AvgIpc) is 2.48. The van der Waals surface area contributed by atoms with Gasteiger partial charge in [0.05, 0.1) is 10.6 Å². The number of fused-ring (bicyclic) bond motifs is 1. The summed E-state index contributed by atoms with van der Waals surface area (Å²) >= 11 is 0. The van der Waals surface area contributed by atoms with Gasteiger partial charge in [-0.05, 0) is 25.1 Å². The zero-order chi connectivity index (χ0) is 14.4. The van der Waals surface area contributed by atoms with Crippen molar-refractivity contribution in [2.24, 2.45) is 0 Å². The van der Waals surface area contributed by atoms with E-state index >= 15 is 0 Å². The Kier molecular flexibility index (Phi) is 3.08. The minimum Gasteiger partial charge on any atom is -0.484 e. The summed E-state index contributed by atoms with van der Waals surface area (Å²) < 4.78 is 64.4. The predicted molar refractivity (Wildman–Crippen MR) is 61.5 cm³/mol. The Balaban J connectivity index is 2.36. The molecule has 0 aliphatic carbocycles. The molecule has 1 aliphatic rings. The van der Waals surface area contributed by atoms with Crippen LogP contribution in [0.15, 0.2) is 23.1 Å². The van der Waals surface area contributed by atoms with Gasteiger partial charge in [0.15, 0.2) is 16.4 Å². The van der Waals surface area contributed by atoms with Gasteiger partial charge >= 0.3 is 6.18 Å². The van der Waals surface area contributed by atoms with Crippen molar-refractivity contribution in [2.75, 3.05) is 6.61 Å². The van der Waals surface area contributed by atoms with Crippen LogP contribution in [-0.2, 0) is 9.84 Å². The number of benzene rings is 1. The van der Waals surface area contributed by atoms with Gasteiger partial charge in [0.25, 0.3) is 0 Å². The molecule has 1 atom stereocenters. The highest BCUT2D eigenvalue weighted by Gasteiger charge is 2.39. The van der Waals surface area contributed by atoms with E-state index in [1.165, 1.54) is 19.1 Å². The molecule has 1 aliphatic heterocycles. The van der Waals surface area contributed by atoms with Crippen LogP contribution in [0.3, 0.4) is 0 Å². The number of halogens is 3. The molecule has 8 heteroatoms. The lowest BCUT2D eigenvalue weighted by Crippen LogP contribution is -2.19. The molecule has 1 aromatic carbocycles. The Morgan fingerprint density at radius 2 is 2.00 bits per heavy atom. The van der Waals surface area contributed by atoms with E-state index in [2.05, 4.69) is 4.74 Å². The standard InChI is InChI=1S/C11H10F3NO3S/c1-6-10(15)8-3-2-7(18-5-11(12,13)14)4-9(8)19(6,16)17/h2-4,6,15H,5H2,1H3/t6-/m0/s1. The Labute approximate surface area is 107 Å². The third kappa shape index (κ3) is 2.44. The van der Waals surface area contributed by atoms with Crippen LogP contribution in [-0.4, -0.2) is 32.2 Å². The number of alkyl halides is 3. The maximum atomic E-state index is 12.0. The van der Waals surface area contributed by atoms with Crippen molar-refractivity contribution < 1.29 is 26.3 Å². The minimum absolute atomic E-state index is 0.0580. The zero-order valence-electron chi connectivity index (χ0n) is 9.78. The number of rotatable bonds is 2. The summed E-state index contributed by atoms with van der Waals surface area (Å²) in [4.78, 5) is -0.148. The minimum atomic E-state index is -4.49. The van der Waals surface area contributed by atoms with Crippen molar-refractivity contribution in [1.29, 1.82) is 5.41 Å². The van der Waals surface area contributed by atoms with Crippen LogP contribution in [0.2, 0.25) is 0 Å². The fourth-order valence-electron chi connectivity index (χ4n) is 1.78. The first-order valence-electron chi connectivity index (χ1n) is 5.29. The molecule has 0 radical (unpaired) electrons. The second kappa shape index (κ2) is 4.22. The first kappa shape index (κ1) is 13.9. The van der Waals surface area contributed by atoms with Gasteiger partial charge in [-0.2, -0.15) is 13.2 Å². The lowest BCUT2D eigenvalue weighted by molar-refractivity contribution is -0.153. The van der Waals surface area contributed by atoms with Gasteiger partial charge in [-0.1, -0.05) is 0 Å². The largest absolute Gasteiger partial charge is 0.484 e. The monoisotopic (exact) mass is 293 g/mol. The van der Waals surface area contributed by atoms with Gasteiger partial charge in [0, 0.05) is 5.56 Å². The third-order valence-electron chi connectivity index (χ3n) is 2.82. The Morgan fingerprint density at radius 3 is 2.58 bits per heavy atom. The topological polar surface area (TPSA) is 67.2 Å². The number of sulfone groups is 1. The van der Waals surface area contributed by atoms with Gasteiger partial charge < -0.3 is 10.1 Å². The fraction of sp³-hybridized carbons (Fsp3) is 0.364.